The first-order chi connectivity index (χ1) is 10.4. The molecule has 2 N–H and O–H groups in total. The van der Waals surface area contributed by atoms with Gasteiger partial charge >= 0.3 is 11.7 Å². The number of hydrogen-bond acceptors (Lipinski definition) is 3. The molecule has 1 amide bonds. The number of hydrogen-bond donors (Lipinski definition) is 2. The van der Waals surface area contributed by atoms with Crippen molar-refractivity contribution >= 4 is 6.03 Å². The van der Waals surface area contributed by atoms with Crippen LogP contribution in [0.2, 0.25) is 0 Å². The van der Waals surface area contributed by atoms with Gasteiger partial charge in [-0.25, -0.2) is 14.2 Å². The van der Waals surface area contributed by atoms with E-state index in [4.69, 9.17) is 0 Å². The molecule has 1 atom stereocenters. The van der Waals surface area contributed by atoms with E-state index in [0.29, 0.717) is 10.8 Å². The number of aromatic nitrogens is 2. The van der Waals surface area contributed by atoms with Crippen LogP contribution in [0.5, 0.6) is 0 Å². The summed E-state index contributed by atoms with van der Waals surface area (Å²) in [4.78, 5) is 36.0. The van der Waals surface area contributed by atoms with Gasteiger partial charge in [-0.15, -0.1) is 0 Å². The molecular weight excluding hydrogens is 289 g/mol. The minimum Gasteiger partial charge on any atom is -0.337 e. The maximum atomic E-state index is 13.1. The molecule has 0 saturated heterocycles. The van der Waals surface area contributed by atoms with Crippen LogP contribution in [0, 0.1) is 12.7 Å². The molecule has 0 aliphatic carbocycles. The largest absolute Gasteiger partial charge is 0.337 e. The van der Waals surface area contributed by atoms with Gasteiger partial charge in [0.1, 0.15) is 0 Å². The second-order valence-corrected chi connectivity index (χ2v) is 5.10. The topological polar surface area (TPSA) is 84.0 Å². The number of benzene rings is 1. The Morgan fingerprint density at radius 3 is 2.59 bits per heavy atom. The number of nitrogens with one attached hydrogen (secondary N) is 2. The van der Waals surface area contributed by atoms with E-state index in [-0.39, 0.29) is 12.5 Å². The average molecular weight is 305 g/mol. The lowest BCUT2D eigenvalue weighted by atomic mass is 10.0. The number of halogens is 1. The Labute approximate surface area is 125 Å². The highest BCUT2D eigenvalue weighted by molar-refractivity contribution is 5.76. The van der Waals surface area contributed by atoms with Crippen LogP contribution in [-0.4, -0.2) is 22.1 Å². The first-order valence-electron chi connectivity index (χ1n) is 6.74. The normalized spacial score (nSPS) is 12.0. The quantitative estimate of drug-likeness (QED) is 0.897. The lowest BCUT2D eigenvalue weighted by Crippen LogP contribution is -2.41. The Balaban J connectivity index is 2.07. The highest BCUT2D eigenvalue weighted by Gasteiger charge is 2.12. The number of nitrogens with zero attached hydrogens (tertiary/aromatic N) is 1. The van der Waals surface area contributed by atoms with Crippen molar-refractivity contribution in [1.29, 1.82) is 0 Å². The van der Waals surface area contributed by atoms with Crippen molar-refractivity contribution in [2.75, 3.05) is 6.54 Å². The van der Waals surface area contributed by atoms with Gasteiger partial charge in [0.15, 0.2) is 0 Å². The first-order valence-corrected chi connectivity index (χ1v) is 6.74. The van der Waals surface area contributed by atoms with Crippen molar-refractivity contribution < 1.29 is 9.18 Å². The van der Waals surface area contributed by atoms with E-state index in [1.54, 1.807) is 4.98 Å². The summed E-state index contributed by atoms with van der Waals surface area (Å²) < 4.78 is 13.6. The van der Waals surface area contributed by atoms with Gasteiger partial charge in [-0.1, -0.05) is 36.8 Å². The van der Waals surface area contributed by atoms with Crippen molar-refractivity contribution in [2.45, 2.75) is 19.8 Å². The molecule has 0 fully saturated rings. The van der Waals surface area contributed by atoms with Gasteiger partial charge in [-0.2, -0.15) is 4.39 Å². The smallest absolute Gasteiger partial charge is 0.336 e. The molecule has 0 aliphatic rings. The molecule has 116 valence electrons. The molecule has 0 spiro atoms. The van der Waals surface area contributed by atoms with E-state index in [2.05, 4.69) is 5.32 Å². The molecule has 2 aromatic rings. The Kier molecular flexibility index (Phi) is 4.55. The van der Waals surface area contributed by atoms with E-state index in [1.165, 1.54) is 0 Å². The lowest BCUT2D eigenvalue weighted by molar-refractivity contribution is 0.240. The van der Waals surface area contributed by atoms with Crippen LogP contribution in [0.25, 0.3) is 0 Å². The van der Waals surface area contributed by atoms with Gasteiger partial charge < -0.3 is 5.32 Å². The molecule has 1 aromatic carbocycles. The summed E-state index contributed by atoms with van der Waals surface area (Å²) >= 11 is 0. The zero-order valence-electron chi connectivity index (χ0n) is 12.2. The van der Waals surface area contributed by atoms with Gasteiger partial charge in [0.05, 0.1) is 6.20 Å². The fraction of sp³-hybridized carbons (Fsp3) is 0.267. The molecule has 6 nitrogen and oxygen atoms in total. The predicted molar refractivity (Wildman–Crippen MR) is 79.7 cm³/mol. The molecule has 0 bridgehead atoms. The van der Waals surface area contributed by atoms with Crippen LogP contribution in [0.1, 0.15) is 24.0 Å². The lowest BCUT2D eigenvalue weighted by Gasteiger charge is -2.13. The van der Waals surface area contributed by atoms with Crippen LogP contribution >= 0.6 is 0 Å². The van der Waals surface area contributed by atoms with Crippen LogP contribution in [0.15, 0.2) is 40.1 Å². The zero-order valence-corrected chi connectivity index (χ0v) is 12.2. The van der Waals surface area contributed by atoms with Gasteiger partial charge in [-0.05, 0) is 18.4 Å². The van der Waals surface area contributed by atoms with Gasteiger partial charge in [0.25, 0.3) is 5.56 Å². The maximum absolute atomic E-state index is 13.1. The summed E-state index contributed by atoms with van der Waals surface area (Å²) in [6, 6.07) is 7.06. The molecule has 22 heavy (non-hydrogen) atoms. The van der Waals surface area contributed by atoms with E-state index < -0.39 is 23.1 Å². The summed E-state index contributed by atoms with van der Waals surface area (Å²) in [6.07, 6.45) is 0.576. The van der Waals surface area contributed by atoms with Crippen molar-refractivity contribution in [3.8, 4) is 0 Å². The van der Waals surface area contributed by atoms with E-state index in [9.17, 15) is 18.8 Å². The van der Waals surface area contributed by atoms with Gasteiger partial charge in [-0.3, -0.25) is 9.78 Å². The van der Waals surface area contributed by atoms with Crippen molar-refractivity contribution in [2.24, 2.45) is 0 Å². The van der Waals surface area contributed by atoms with Gasteiger partial charge in [0, 0.05) is 6.54 Å². The monoisotopic (exact) mass is 305 g/mol. The third kappa shape index (κ3) is 3.49. The van der Waals surface area contributed by atoms with Crippen molar-refractivity contribution in [3.05, 3.63) is 68.2 Å². The third-order valence-electron chi connectivity index (χ3n) is 3.32. The predicted octanol–water partition coefficient (Wildman–Crippen LogP) is 1.35. The minimum atomic E-state index is -1.19. The molecular formula is C15H16FN3O3. The molecule has 0 saturated carbocycles. The summed E-state index contributed by atoms with van der Waals surface area (Å²) in [7, 11) is 0. The number of aryl methyl sites for hydroxylation is 1. The van der Waals surface area contributed by atoms with Crippen LogP contribution in [0.4, 0.5) is 9.18 Å². The number of carbonyl (C=O) groups is 1. The summed E-state index contributed by atoms with van der Waals surface area (Å²) in [5.74, 6) is -1.17. The molecule has 7 heteroatoms. The first kappa shape index (κ1) is 15.7. The molecule has 1 unspecified atom stereocenters. The van der Waals surface area contributed by atoms with E-state index >= 15 is 0 Å². The molecule has 1 aromatic heterocycles. The standard InChI is InChI=1S/C15H16FN3O3/c1-9-3-5-11(6-4-9)10(2)7-17-14(21)19-8-12(16)13(20)18-15(19)22/h3-6,8,10H,7H2,1-2H3,(H,17,21)(H,18,20,22). The molecule has 0 radical (unpaired) electrons. The number of rotatable bonds is 3. The van der Waals surface area contributed by atoms with E-state index in [1.807, 2.05) is 38.1 Å². The third-order valence-corrected chi connectivity index (χ3v) is 3.32. The van der Waals surface area contributed by atoms with Crippen LogP contribution in [-0.2, 0) is 0 Å². The highest BCUT2D eigenvalue weighted by Crippen LogP contribution is 2.14. The highest BCUT2D eigenvalue weighted by atomic mass is 19.1. The summed E-state index contributed by atoms with van der Waals surface area (Å²) in [6.45, 7) is 4.17. The fourth-order valence-electron chi connectivity index (χ4n) is 1.94. The molecule has 1 heterocycles. The Morgan fingerprint density at radius 2 is 1.95 bits per heavy atom. The Hall–Kier alpha value is -2.70. The Bertz CT molecular complexity index is 793. The minimum absolute atomic E-state index is 0.0212. The fourth-order valence-corrected chi connectivity index (χ4v) is 1.94. The maximum Gasteiger partial charge on any atom is 0.336 e. The SMILES string of the molecule is Cc1ccc(C(C)CNC(=O)n2cc(F)c(=O)[nH]c2=O)cc1. The molecule has 0 aliphatic heterocycles. The Morgan fingerprint density at radius 1 is 1.32 bits per heavy atom. The number of carbonyl (C=O) groups excluding carboxylic acids is 1. The van der Waals surface area contributed by atoms with Crippen LogP contribution < -0.4 is 16.6 Å². The summed E-state index contributed by atoms with van der Waals surface area (Å²) in [5.41, 5.74) is 0.0371. The zero-order chi connectivity index (χ0) is 16.3. The van der Waals surface area contributed by atoms with Crippen molar-refractivity contribution in [1.82, 2.24) is 14.9 Å². The second-order valence-electron chi connectivity index (χ2n) is 5.10. The number of H-pyrrole nitrogens is 1. The van der Waals surface area contributed by atoms with Crippen LogP contribution in [0.3, 0.4) is 0 Å². The number of amides is 1. The summed E-state index contributed by atoms with van der Waals surface area (Å²) in [5, 5.41) is 2.53. The molecule has 2 rings (SSSR count). The second kappa shape index (κ2) is 6.38. The van der Waals surface area contributed by atoms with Gasteiger partial charge in [0.2, 0.25) is 5.82 Å². The average Bonchev–Trinajstić information content (AvgIpc) is 2.49. The number of aromatic amines is 1. The van der Waals surface area contributed by atoms with Crippen molar-refractivity contribution in [3.63, 3.8) is 0 Å². The van der Waals surface area contributed by atoms with E-state index in [0.717, 1.165) is 11.1 Å².